The number of sulfone groups is 1. The normalized spacial score (nSPS) is 10.9. The molecular formula is C39H55N6O3PS2. The van der Waals surface area contributed by atoms with Crippen LogP contribution in [-0.2, 0) is 14.4 Å². The Morgan fingerprint density at radius 2 is 1.22 bits per heavy atom. The summed E-state index contributed by atoms with van der Waals surface area (Å²) < 4.78 is 36.9. The molecule has 4 aromatic carbocycles. The van der Waals surface area contributed by atoms with Crippen LogP contribution in [0.15, 0.2) is 119 Å². The first-order chi connectivity index (χ1) is 22.0. The molecule has 0 unspecified atom stereocenters. The van der Waals surface area contributed by atoms with Crippen molar-refractivity contribution < 1.29 is 13.0 Å². The zero-order valence-corrected chi connectivity index (χ0v) is 28.7. The van der Waals surface area contributed by atoms with Crippen LogP contribution < -0.4 is 10.6 Å². The Morgan fingerprint density at radius 3 is 1.65 bits per heavy atom. The molecule has 6 aromatic rings. The molecule has 0 saturated heterocycles. The zero-order valence-electron chi connectivity index (χ0n) is 26.2. The Balaban J connectivity index is -0.000000586. The number of allylic oxidation sites excluding steroid dienone is 1. The highest BCUT2D eigenvalue weighted by molar-refractivity contribution is 7.95. The van der Waals surface area contributed by atoms with Gasteiger partial charge in [0.2, 0.25) is 9.84 Å². The third-order valence-electron chi connectivity index (χ3n) is 6.34. The molecule has 276 valence electrons. The van der Waals surface area contributed by atoms with Crippen LogP contribution >= 0.6 is 18.5 Å². The van der Waals surface area contributed by atoms with Crippen LogP contribution in [0.4, 0.5) is 0 Å². The number of nitrogens with zero attached hydrogens (tertiary/aromatic N) is 5. The van der Waals surface area contributed by atoms with Crippen LogP contribution in [0, 0.1) is 25.2 Å². The number of hydrogen-bond acceptors (Lipinski definition) is 9. The quantitative estimate of drug-likeness (QED) is 0.172. The van der Waals surface area contributed by atoms with Crippen molar-refractivity contribution in [3.8, 4) is 6.07 Å². The van der Waals surface area contributed by atoms with E-state index in [1.54, 1.807) is 49.5 Å². The number of nitrogens with one attached hydrogen (secondary N) is 1. The number of aryl methyl sites for hydroxylation is 2. The van der Waals surface area contributed by atoms with Crippen molar-refractivity contribution in [3.63, 3.8) is 0 Å². The van der Waals surface area contributed by atoms with E-state index < -0.39 is 17.0 Å². The number of H-pyrrole nitrogens is 1. The molecule has 9 nitrogen and oxygen atoms in total. The van der Waals surface area contributed by atoms with Gasteiger partial charge in [0.05, 0.1) is 26.2 Å². The number of aromatic amines is 1. The standard InChI is InChI=1S/C13H13OP.C9H8O2S.C8H7NS.C2H4N4.C2H3N.5CH4/c1-15(14,12-8-4-2-5-9-12)13-10-6-3-7-11-13;1-7-6-8-4-2-3-5-9(8)12(7,10)11;1-6-9-7-4-2-3-5-8(7)10-6;1-2-3-5-6-4-2;1-2-3;;;;;/h2-11H,1H3;2-6H,1H3;2-5H,1H3;1H3,(H,3,4,5,6);1H3;5*1H4. The highest BCUT2D eigenvalue weighted by Crippen LogP contribution is 2.38. The first-order valence-corrected chi connectivity index (χ1v) is 18.5. The van der Waals surface area contributed by atoms with Crippen LogP contribution in [0.25, 0.3) is 16.3 Å². The first kappa shape index (κ1) is 50.6. The Morgan fingerprint density at radius 1 is 0.745 bits per heavy atom. The fourth-order valence-corrected chi connectivity index (χ4v) is 8.02. The number of fused-ring (bicyclic) bond motifs is 2. The van der Waals surface area contributed by atoms with Gasteiger partial charge in [-0.3, -0.25) is 0 Å². The smallest absolute Gasteiger partial charge is 0.203 e. The molecule has 0 bridgehead atoms. The monoisotopic (exact) mass is 750 g/mol. The molecule has 1 N–H and O–H groups in total. The second kappa shape index (κ2) is 24.4. The molecule has 0 spiro atoms. The van der Waals surface area contributed by atoms with Gasteiger partial charge in [0, 0.05) is 22.4 Å². The molecule has 7 rings (SSSR count). The van der Waals surface area contributed by atoms with Gasteiger partial charge in [-0.2, -0.15) is 10.5 Å². The molecule has 3 heterocycles. The summed E-state index contributed by atoms with van der Waals surface area (Å²) in [5.74, 6) is 0.676. The Hall–Kier alpha value is -4.75. The van der Waals surface area contributed by atoms with E-state index in [1.165, 1.54) is 11.6 Å². The lowest BCUT2D eigenvalue weighted by Crippen LogP contribution is -2.14. The average Bonchev–Trinajstić information content (AvgIpc) is 3.76. The molecule has 1 aliphatic heterocycles. The van der Waals surface area contributed by atoms with Crippen LogP contribution in [0.5, 0.6) is 0 Å². The van der Waals surface area contributed by atoms with Crippen molar-refractivity contribution in [2.24, 2.45) is 0 Å². The molecular weight excluding hydrogens is 696 g/mol. The lowest BCUT2D eigenvalue weighted by atomic mass is 10.2. The minimum Gasteiger partial charge on any atom is -0.314 e. The molecule has 2 aromatic heterocycles. The Kier molecular flexibility index (Phi) is 24.2. The van der Waals surface area contributed by atoms with Gasteiger partial charge in [0.1, 0.15) is 7.14 Å². The zero-order chi connectivity index (χ0) is 33.6. The summed E-state index contributed by atoms with van der Waals surface area (Å²) in [5.41, 5.74) is 1.92. The minimum atomic E-state index is -3.12. The number of hydrogen-bond donors (Lipinski definition) is 1. The van der Waals surface area contributed by atoms with E-state index in [9.17, 15) is 13.0 Å². The molecule has 51 heavy (non-hydrogen) atoms. The van der Waals surface area contributed by atoms with Crippen LogP contribution in [-0.4, -0.2) is 40.7 Å². The van der Waals surface area contributed by atoms with Crippen molar-refractivity contribution in [1.29, 1.82) is 5.26 Å². The van der Waals surface area contributed by atoms with Gasteiger partial charge in [0.15, 0.2) is 5.82 Å². The summed E-state index contributed by atoms with van der Waals surface area (Å²) in [4.78, 5) is 5.20. The molecule has 0 fully saturated rings. The summed E-state index contributed by atoms with van der Waals surface area (Å²) in [5, 5.41) is 23.0. The van der Waals surface area contributed by atoms with E-state index >= 15 is 0 Å². The van der Waals surface area contributed by atoms with Crippen molar-refractivity contribution in [3.05, 3.63) is 130 Å². The van der Waals surface area contributed by atoms with Crippen molar-refractivity contribution in [2.45, 2.75) is 69.7 Å². The number of rotatable bonds is 2. The first-order valence-electron chi connectivity index (χ1n) is 14.0. The summed E-state index contributed by atoms with van der Waals surface area (Å²) in [6.07, 6.45) is 1.70. The number of aromatic nitrogens is 5. The van der Waals surface area contributed by atoms with Crippen molar-refractivity contribution >= 4 is 55.2 Å². The fraction of sp³-hybridized carbons (Fsp3) is 0.256. The number of tetrazole rings is 1. The highest BCUT2D eigenvalue weighted by Gasteiger charge is 2.25. The summed E-state index contributed by atoms with van der Waals surface area (Å²) in [6, 6.07) is 36.2. The van der Waals surface area contributed by atoms with Gasteiger partial charge in [0.25, 0.3) is 0 Å². The van der Waals surface area contributed by atoms with Gasteiger partial charge in [-0.05, 0) is 57.3 Å². The lowest BCUT2D eigenvalue weighted by Gasteiger charge is -2.13. The van der Waals surface area contributed by atoms with E-state index in [1.807, 2.05) is 105 Å². The van der Waals surface area contributed by atoms with E-state index in [-0.39, 0.29) is 37.1 Å². The molecule has 12 heteroatoms. The summed E-state index contributed by atoms with van der Waals surface area (Å²) in [7, 11) is -5.52. The Labute approximate surface area is 310 Å². The fourth-order valence-electron chi connectivity index (χ4n) is 4.09. The molecule has 0 atom stereocenters. The van der Waals surface area contributed by atoms with Crippen LogP contribution in [0.2, 0.25) is 0 Å². The van der Waals surface area contributed by atoms with E-state index in [2.05, 4.69) is 31.7 Å². The predicted octanol–water partition coefficient (Wildman–Crippen LogP) is 10.3. The molecule has 0 aliphatic carbocycles. The van der Waals surface area contributed by atoms with Gasteiger partial charge in [-0.1, -0.05) is 133 Å². The maximum absolute atomic E-state index is 12.6. The lowest BCUT2D eigenvalue weighted by molar-refractivity contribution is 0.590. The number of para-hydroxylation sites is 1. The SMILES string of the molecule is C.C.C.C.C.CC#N.CC1=Cc2ccccc2S1(=O)=O.CP(=O)(c1ccccc1)c1ccccc1.Cc1nc2ccccc2s1.Cc1nn[nH]n1. The maximum atomic E-state index is 12.6. The second-order valence-corrected chi connectivity index (χ2v) is 16.0. The number of thiazole rings is 1. The summed E-state index contributed by atoms with van der Waals surface area (Å²) in [6.45, 7) is 8.67. The molecule has 0 radical (unpaired) electrons. The second-order valence-electron chi connectivity index (χ2n) is 9.77. The minimum absolute atomic E-state index is 0. The number of nitriles is 1. The highest BCUT2D eigenvalue weighted by atomic mass is 32.2. The van der Waals surface area contributed by atoms with Crippen LogP contribution in [0.1, 0.15) is 67.4 Å². The predicted molar refractivity (Wildman–Crippen MR) is 221 cm³/mol. The largest absolute Gasteiger partial charge is 0.314 e. The van der Waals surface area contributed by atoms with Gasteiger partial charge in [-0.15, -0.1) is 21.5 Å². The Bertz CT molecular complexity index is 1980. The number of benzene rings is 4. The average molecular weight is 751 g/mol. The van der Waals surface area contributed by atoms with E-state index in [0.717, 1.165) is 26.7 Å². The third-order valence-corrected chi connectivity index (χ3v) is 11.8. The maximum Gasteiger partial charge on any atom is 0.203 e. The van der Waals surface area contributed by atoms with Gasteiger partial charge in [-0.25, -0.2) is 13.4 Å². The topological polar surface area (TPSA) is 142 Å². The van der Waals surface area contributed by atoms with Gasteiger partial charge >= 0.3 is 0 Å². The summed E-state index contributed by atoms with van der Waals surface area (Å²) >= 11 is 1.74. The van der Waals surface area contributed by atoms with E-state index in [0.29, 0.717) is 15.6 Å². The van der Waals surface area contributed by atoms with Crippen molar-refractivity contribution in [2.75, 3.05) is 6.66 Å². The van der Waals surface area contributed by atoms with Gasteiger partial charge < -0.3 is 4.57 Å². The molecule has 1 aliphatic rings. The third kappa shape index (κ3) is 14.6. The van der Waals surface area contributed by atoms with Crippen LogP contribution in [0.3, 0.4) is 0 Å². The van der Waals surface area contributed by atoms with Crippen molar-refractivity contribution in [1.82, 2.24) is 25.6 Å². The molecule has 0 saturated carbocycles. The van der Waals surface area contributed by atoms with E-state index in [4.69, 9.17) is 5.26 Å². The molecule has 0 amide bonds.